The van der Waals surface area contributed by atoms with E-state index in [4.69, 9.17) is 0 Å². The third-order valence-corrected chi connectivity index (χ3v) is 9.04. The predicted octanol–water partition coefficient (Wildman–Crippen LogP) is 0.0943. The molecule has 3 atom stereocenters. The Bertz CT molecular complexity index is 584. The molecule has 0 aromatic heterocycles. The van der Waals surface area contributed by atoms with Crippen LogP contribution in [0.1, 0.15) is 77.6 Å². The van der Waals surface area contributed by atoms with Crippen molar-refractivity contribution in [2.45, 2.75) is 77.6 Å². The van der Waals surface area contributed by atoms with Crippen molar-refractivity contribution in [3.8, 4) is 0 Å². The molecule has 7 aliphatic carbocycles. The Balaban J connectivity index is 0.000000653. The maximum Gasteiger partial charge on any atom is 3.00 e. The zero-order valence-electron chi connectivity index (χ0n) is 16.0. The molecule has 0 nitrogen and oxygen atoms in total. The smallest absolute Gasteiger partial charge is 1.00 e. The molecule has 0 saturated heterocycles. The first-order valence-electron chi connectivity index (χ1n) is 10.6. The molecule has 7 rings (SSSR count). The van der Waals surface area contributed by atoms with Crippen LogP contribution in [0.4, 0.5) is 0 Å². The maximum absolute atomic E-state index is 4.11. The van der Waals surface area contributed by atoms with Crippen LogP contribution >= 0.6 is 0 Å². The second kappa shape index (κ2) is 7.65. The monoisotopic (exact) mass is 467 g/mol. The van der Waals surface area contributed by atoms with Gasteiger partial charge < -0.3 is 24.8 Å². The second-order valence-electron chi connectivity index (χ2n) is 10.3. The van der Waals surface area contributed by atoms with Gasteiger partial charge in [-0.2, -0.15) is 5.57 Å². The summed E-state index contributed by atoms with van der Waals surface area (Å²) in [4.78, 5) is 0. The van der Waals surface area contributed by atoms with Gasteiger partial charge in [-0.15, -0.1) is 0 Å². The van der Waals surface area contributed by atoms with Crippen LogP contribution < -0.4 is 24.8 Å². The van der Waals surface area contributed by atoms with Crippen LogP contribution in [0, 0.1) is 47.0 Å². The average molecular weight is 470 g/mol. The largest absolute Gasteiger partial charge is 3.00 e. The fourth-order valence-electron chi connectivity index (χ4n) is 8.51. The molecule has 0 heterocycles. The van der Waals surface area contributed by atoms with Crippen molar-refractivity contribution >= 4 is 0 Å². The van der Waals surface area contributed by atoms with Crippen LogP contribution in [-0.4, -0.2) is 0 Å². The third kappa shape index (κ3) is 3.01. The SMILES string of the molecule is CC1C2=C(CC(C34CC5CC(CC(C5)C3)C4)=[C-]2)C2CCCCC12.[Cl-].[Cl-].[Zr+3]. The van der Waals surface area contributed by atoms with Gasteiger partial charge in [-0.25, -0.2) is 17.2 Å². The van der Waals surface area contributed by atoms with E-state index in [1.807, 2.05) is 5.57 Å². The number of halogens is 2. The maximum atomic E-state index is 4.11. The van der Waals surface area contributed by atoms with Gasteiger partial charge >= 0.3 is 26.2 Å². The number of rotatable bonds is 1. The molecule has 0 spiro atoms. The Kier molecular flexibility index (Phi) is 6.37. The summed E-state index contributed by atoms with van der Waals surface area (Å²) in [6.45, 7) is 2.53. The van der Waals surface area contributed by atoms with E-state index in [0.29, 0.717) is 5.41 Å². The summed E-state index contributed by atoms with van der Waals surface area (Å²) in [5.41, 5.74) is 6.02. The fourth-order valence-corrected chi connectivity index (χ4v) is 8.51. The Hall–Kier alpha value is 0.943. The zero-order valence-corrected chi connectivity index (χ0v) is 20.0. The summed E-state index contributed by atoms with van der Waals surface area (Å²) in [7, 11) is 0. The van der Waals surface area contributed by atoms with E-state index in [1.165, 1.54) is 51.4 Å². The van der Waals surface area contributed by atoms with Gasteiger partial charge in [-0.1, -0.05) is 50.9 Å². The molecule has 0 amide bonds. The van der Waals surface area contributed by atoms with Gasteiger partial charge in [0.2, 0.25) is 0 Å². The summed E-state index contributed by atoms with van der Waals surface area (Å²) >= 11 is 0. The molecular formula is C23H31Cl2Zr. The van der Waals surface area contributed by atoms with Gasteiger partial charge in [-0.05, 0) is 67.6 Å². The molecule has 5 saturated carbocycles. The zero-order chi connectivity index (χ0) is 15.2. The summed E-state index contributed by atoms with van der Waals surface area (Å²) < 4.78 is 0. The number of hydrogen-bond donors (Lipinski definition) is 0. The summed E-state index contributed by atoms with van der Waals surface area (Å²) in [5, 5.41) is 0. The van der Waals surface area contributed by atoms with E-state index < -0.39 is 0 Å². The Labute approximate surface area is 191 Å². The molecule has 4 bridgehead atoms. The molecule has 5 fully saturated rings. The Morgan fingerprint density at radius 1 is 0.885 bits per heavy atom. The normalized spacial score (nSPS) is 47.3. The van der Waals surface area contributed by atoms with E-state index in [-0.39, 0.29) is 51.0 Å². The molecule has 3 unspecified atom stereocenters. The third-order valence-electron chi connectivity index (χ3n) is 9.04. The number of allylic oxidation sites excluding steroid dienone is 4. The van der Waals surface area contributed by atoms with Gasteiger partial charge in [0.15, 0.2) is 0 Å². The van der Waals surface area contributed by atoms with Crippen molar-refractivity contribution in [3.63, 3.8) is 0 Å². The van der Waals surface area contributed by atoms with E-state index in [1.54, 1.807) is 30.4 Å². The molecule has 0 aromatic carbocycles. The molecule has 0 aromatic rings. The molecule has 7 aliphatic rings. The molecule has 0 aliphatic heterocycles. The Morgan fingerprint density at radius 2 is 1.46 bits per heavy atom. The van der Waals surface area contributed by atoms with E-state index in [9.17, 15) is 0 Å². The summed E-state index contributed by atoms with van der Waals surface area (Å²) in [6.07, 6.45) is 20.7. The summed E-state index contributed by atoms with van der Waals surface area (Å²) in [5.74, 6) is 5.98. The molecule has 141 valence electrons. The van der Waals surface area contributed by atoms with E-state index in [2.05, 4.69) is 13.0 Å². The first-order valence-corrected chi connectivity index (χ1v) is 10.6. The van der Waals surface area contributed by atoms with Crippen LogP contribution in [0.5, 0.6) is 0 Å². The van der Waals surface area contributed by atoms with Crippen LogP contribution in [-0.2, 0) is 26.2 Å². The minimum Gasteiger partial charge on any atom is -1.00 e. The molecule has 1 radical (unpaired) electrons. The number of hydrogen-bond acceptors (Lipinski definition) is 0. The number of fused-ring (bicyclic) bond motifs is 2. The van der Waals surface area contributed by atoms with E-state index in [0.717, 1.165) is 35.5 Å². The van der Waals surface area contributed by atoms with Crippen LogP contribution in [0.3, 0.4) is 0 Å². The van der Waals surface area contributed by atoms with Crippen LogP contribution in [0.25, 0.3) is 0 Å². The molecule has 3 heteroatoms. The Morgan fingerprint density at radius 3 is 2.08 bits per heavy atom. The van der Waals surface area contributed by atoms with Crippen LogP contribution in [0.15, 0.2) is 16.7 Å². The second-order valence-corrected chi connectivity index (χ2v) is 10.3. The van der Waals surface area contributed by atoms with E-state index >= 15 is 0 Å². The van der Waals surface area contributed by atoms with Gasteiger partial charge in [-0.3, -0.25) is 0 Å². The predicted molar refractivity (Wildman–Crippen MR) is 93.6 cm³/mol. The quantitative estimate of drug-likeness (QED) is 0.478. The minimum atomic E-state index is 0. The molecule has 0 N–H and O–H groups in total. The average Bonchev–Trinajstić information content (AvgIpc) is 3.08. The van der Waals surface area contributed by atoms with Gasteiger partial charge in [0.1, 0.15) is 0 Å². The standard InChI is InChI=1S/C23H31.2ClH.Zr/c1-14-19-4-2-3-5-20(19)22-10-18(9-21(14)22)23-11-15-6-16(12-23)8-17(7-15)13-23;;;/h14-17,19-20H,2-8,10-13H2,1H3;2*1H;/q-1;;;+3/p-2. The molecular weight excluding hydrogens is 438 g/mol. The topological polar surface area (TPSA) is 0 Å². The fraction of sp³-hybridized carbons (Fsp3) is 0.826. The van der Waals surface area contributed by atoms with Gasteiger partial charge in [0, 0.05) is 0 Å². The first-order chi connectivity index (χ1) is 11.2. The molecule has 26 heavy (non-hydrogen) atoms. The van der Waals surface area contributed by atoms with Crippen molar-refractivity contribution in [2.75, 3.05) is 0 Å². The van der Waals surface area contributed by atoms with Crippen LogP contribution in [0.2, 0.25) is 0 Å². The summed E-state index contributed by atoms with van der Waals surface area (Å²) in [6, 6.07) is 0. The van der Waals surface area contributed by atoms with Crippen molar-refractivity contribution < 1.29 is 51.0 Å². The van der Waals surface area contributed by atoms with Crippen molar-refractivity contribution in [1.82, 2.24) is 0 Å². The van der Waals surface area contributed by atoms with Gasteiger partial charge in [0.25, 0.3) is 0 Å². The van der Waals surface area contributed by atoms with Crippen molar-refractivity contribution in [1.29, 1.82) is 0 Å². The van der Waals surface area contributed by atoms with Crippen molar-refractivity contribution in [2.24, 2.45) is 40.9 Å². The van der Waals surface area contributed by atoms with Gasteiger partial charge in [0.05, 0.1) is 0 Å². The first kappa shape index (κ1) is 21.6. The van der Waals surface area contributed by atoms with Crippen molar-refractivity contribution in [3.05, 3.63) is 22.8 Å². The minimum absolute atomic E-state index is 0.